The Hall–Kier alpha value is -2.13. The second kappa shape index (κ2) is 5.10. The number of hydrogen-bond acceptors (Lipinski definition) is 6. The van der Waals surface area contributed by atoms with Crippen molar-refractivity contribution in [2.24, 2.45) is 5.11 Å². The van der Waals surface area contributed by atoms with Crippen LogP contribution in [0.15, 0.2) is 20.9 Å². The minimum absolute atomic E-state index is 0.203. The molecule has 1 aliphatic rings. The van der Waals surface area contributed by atoms with Gasteiger partial charge in [0.25, 0.3) is 11.5 Å². The molecule has 0 aromatic carbocycles. The number of H-pyrrole nitrogens is 1. The average molecular weight is 283 g/mol. The molecule has 1 aromatic heterocycles. The fourth-order valence-corrected chi connectivity index (χ4v) is 2.09. The van der Waals surface area contributed by atoms with E-state index in [9.17, 15) is 14.7 Å². The fraction of sp³-hybridized carbons (Fsp3) is 0.600. The van der Waals surface area contributed by atoms with Gasteiger partial charge in [0.05, 0.1) is 18.8 Å². The van der Waals surface area contributed by atoms with E-state index in [1.807, 2.05) is 4.98 Å². The zero-order valence-electron chi connectivity index (χ0n) is 10.6. The van der Waals surface area contributed by atoms with Gasteiger partial charge in [-0.25, -0.2) is 9.36 Å². The van der Waals surface area contributed by atoms with Crippen LogP contribution < -0.4 is 11.2 Å². The van der Waals surface area contributed by atoms with E-state index in [0.717, 1.165) is 10.8 Å². The largest absolute Gasteiger partial charge is 0.394 e. The number of rotatable bonds is 3. The summed E-state index contributed by atoms with van der Waals surface area (Å²) in [5, 5.41) is 22.9. The highest BCUT2D eigenvalue weighted by Gasteiger charge is 2.47. The van der Waals surface area contributed by atoms with Gasteiger partial charge >= 0.3 is 5.69 Å². The molecule has 10 heteroatoms. The van der Waals surface area contributed by atoms with E-state index in [-0.39, 0.29) is 12.0 Å². The number of aryl methyl sites for hydroxylation is 1. The van der Waals surface area contributed by atoms with Gasteiger partial charge in [0.2, 0.25) is 0 Å². The van der Waals surface area contributed by atoms with Crippen molar-refractivity contribution < 1.29 is 14.9 Å². The Labute approximate surface area is 111 Å². The number of aliphatic hydroxyl groups excluding tert-OH is 1. The van der Waals surface area contributed by atoms with Gasteiger partial charge in [-0.2, -0.15) is 0 Å². The highest BCUT2D eigenvalue weighted by molar-refractivity contribution is 5.03. The second-order valence-corrected chi connectivity index (χ2v) is 4.50. The molecule has 1 unspecified atom stereocenters. The molecule has 108 valence electrons. The zero-order chi connectivity index (χ0) is 14.9. The van der Waals surface area contributed by atoms with Crippen molar-refractivity contribution >= 4 is 0 Å². The van der Waals surface area contributed by atoms with E-state index >= 15 is 0 Å². The van der Waals surface area contributed by atoms with Crippen molar-refractivity contribution in [3.8, 4) is 0 Å². The lowest BCUT2D eigenvalue weighted by molar-refractivity contribution is -0.258. The number of azide groups is 1. The SMILES string of the molecule is Cc1cn(C2(O)C[C@H](N=[N+]=[N-])[C@@H](CO)O2)c(=O)[nH]c1=O. The smallest absolute Gasteiger partial charge is 0.332 e. The molecule has 3 N–H and O–H groups in total. The van der Waals surface area contributed by atoms with Gasteiger partial charge in [0, 0.05) is 23.1 Å². The third-order valence-electron chi connectivity index (χ3n) is 3.12. The second-order valence-electron chi connectivity index (χ2n) is 4.50. The summed E-state index contributed by atoms with van der Waals surface area (Å²) in [6.45, 7) is 0.977. The Morgan fingerprint density at radius 1 is 1.70 bits per heavy atom. The maximum absolute atomic E-state index is 11.7. The Kier molecular flexibility index (Phi) is 3.64. The van der Waals surface area contributed by atoms with E-state index in [0.29, 0.717) is 0 Å². The van der Waals surface area contributed by atoms with Gasteiger partial charge in [-0.05, 0) is 12.5 Å². The van der Waals surface area contributed by atoms with Crippen LogP contribution in [0.2, 0.25) is 0 Å². The van der Waals surface area contributed by atoms with E-state index in [2.05, 4.69) is 10.0 Å². The highest BCUT2D eigenvalue weighted by atomic mass is 16.7. The lowest BCUT2D eigenvalue weighted by Gasteiger charge is -2.24. The number of aliphatic hydroxyl groups is 2. The molecule has 0 bridgehead atoms. The van der Waals surface area contributed by atoms with Crippen LogP contribution in [-0.2, 0) is 10.6 Å². The van der Waals surface area contributed by atoms with Crippen molar-refractivity contribution in [1.82, 2.24) is 9.55 Å². The number of nitrogens with zero attached hydrogens (tertiary/aromatic N) is 4. The molecular formula is C10H13N5O5. The molecule has 2 rings (SSSR count). The fourth-order valence-electron chi connectivity index (χ4n) is 2.09. The first-order chi connectivity index (χ1) is 9.41. The molecule has 20 heavy (non-hydrogen) atoms. The summed E-state index contributed by atoms with van der Waals surface area (Å²) in [7, 11) is 0. The minimum atomic E-state index is -2.09. The predicted octanol–water partition coefficient (Wildman–Crippen LogP) is -1.09. The average Bonchev–Trinajstić information content (AvgIpc) is 2.72. The van der Waals surface area contributed by atoms with Gasteiger partial charge in [0.1, 0.15) is 0 Å². The van der Waals surface area contributed by atoms with Crippen LogP contribution >= 0.6 is 0 Å². The van der Waals surface area contributed by atoms with E-state index in [4.69, 9.17) is 15.4 Å². The maximum atomic E-state index is 11.7. The van der Waals surface area contributed by atoms with Crippen molar-refractivity contribution in [2.45, 2.75) is 31.4 Å². The summed E-state index contributed by atoms with van der Waals surface area (Å²) in [4.78, 5) is 27.7. The number of ether oxygens (including phenoxy) is 1. The molecule has 0 radical (unpaired) electrons. The molecule has 0 aliphatic carbocycles. The van der Waals surface area contributed by atoms with E-state index < -0.39 is 35.9 Å². The van der Waals surface area contributed by atoms with E-state index in [1.165, 1.54) is 6.92 Å². The number of hydrogen-bond donors (Lipinski definition) is 3. The topological polar surface area (TPSA) is 153 Å². The molecule has 1 fully saturated rings. The highest BCUT2D eigenvalue weighted by Crippen LogP contribution is 2.33. The molecule has 2 heterocycles. The third-order valence-corrected chi connectivity index (χ3v) is 3.12. The summed E-state index contributed by atoms with van der Waals surface area (Å²) in [6.07, 6.45) is -0.00287. The van der Waals surface area contributed by atoms with Crippen molar-refractivity contribution in [3.63, 3.8) is 0 Å². The lowest BCUT2D eigenvalue weighted by Crippen LogP contribution is -2.44. The van der Waals surface area contributed by atoms with Crippen LogP contribution in [-0.4, -0.2) is 38.5 Å². The molecule has 0 spiro atoms. The number of aromatic amines is 1. The summed E-state index contributed by atoms with van der Waals surface area (Å²) in [6, 6.07) is -0.825. The lowest BCUT2D eigenvalue weighted by atomic mass is 10.1. The molecule has 10 nitrogen and oxygen atoms in total. The van der Waals surface area contributed by atoms with Gasteiger partial charge in [-0.1, -0.05) is 5.11 Å². The van der Waals surface area contributed by atoms with Crippen LogP contribution in [0.3, 0.4) is 0 Å². The molecule has 1 aliphatic heterocycles. The zero-order valence-corrected chi connectivity index (χ0v) is 10.6. The first-order valence-electron chi connectivity index (χ1n) is 5.79. The van der Waals surface area contributed by atoms with Crippen molar-refractivity contribution in [1.29, 1.82) is 0 Å². The minimum Gasteiger partial charge on any atom is -0.394 e. The Morgan fingerprint density at radius 2 is 2.40 bits per heavy atom. The summed E-state index contributed by atoms with van der Waals surface area (Å²) in [5.41, 5.74) is 7.21. The Morgan fingerprint density at radius 3 is 3.00 bits per heavy atom. The molecule has 0 saturated carbocycles. The van der Waals surface area contributed by atoms with Crippen LogP contribution in [0.25, 0.3) is 10.4 Å². The normalized spacial score (nSPS) is 29.1. The summed E-state index contributed by atoms with van der Waals surface area (Å²) >= 11 is 0. The molecule has 1 saturated heterocycles. The van der Waals surface area contributed by atoms with Crippen molar-refractivity contribution in [3.05, 3.63) is 43.0 Å². The number of aromatic nitrogens is 2. The van der Waals surface area contributed by atoms with Crippen molar-refractivity contribution in [2.75, 3.05) is 6.61 Å². The summed E-state index contributed by atoms with van der Waals surface area (Å²) < 4.78 is 6.01. The van der Waals surface area contributed by atoms with Crippen LogP contribution in [0.4, 0.5) is 0 Å². The van der Waals surface area contributed by atoms with Crippen LogP contribution in [0.1, 0.15) is 12.0 Å². The third kappa shape index (κ3) is 2.32. The predicted molar refractivity (Wildman–Crippen MR) is 65.8 cm³/mol. The quantitative estimate of drug-likeness (QED) is 0.365. The summed E-state index contributed by atoms with van der Waals surface area (Å²) in [5.74, 6) is -2.09. The van der Waals surface area contributed by atoms with Gasteiger partial charge in [-0.15, -0.1) is 0 Å². The molecular weight excluding hydrogens is 270 g/mol. The Bertz CT molecular complexity index is 675. The maximum Gasteiger partial charge on any atom is 0.332 e. The van der Waals surface area contributed by atoms with Gasteiger partial charge < -0.3 is 14.9 Å². The molecule has 0 amide bonds. The van der Waals surface area contributed by atoms with E-state index in [1.54, 1.807) is 0 Å². The standard InChI is InChI=1S/C10H13N5O5/c1-5-3-15(9(18)12-8(5)17)10(19)2-6(13-14-11)7(4-16)20-10/h3,6-7,16,19H,2,4H2,1H3,(H,12,17,18)/t6-,7+,10?/m0/s1. The first kappa shape index (κ1) is 14.3. The number of nitrogens with one attached hydrogen (secondary N) is 1. The molecule has 1 aromatic rings. The Balaban J connectivity index is 2.47. The first-order valence-corrected chi connectivity index (χ1v) is 5.79. The van der Waals surface area contributed by atoms with Crippen LogP contribution in [0.5, 0.6) is 0 Å². The van der Waals surface area contributed by atoms with Gasteiger partial charge in [0.15, 0.2) is 0 Å². The van der Waals surface area contributed by atoms with Crippen LogP contribution in [0, 0.1) is 6.92 Å². The molecule has 3 atom stereocenters. The monoisotopic (exact) mass is 283 g/mol. The van der Waals surface area contributed by atoms with Gasteiger partial charge in [-0.3, -0.25) is 9.78 Å².